The molecule has 0 aliphatic carbocycles. The van der Waals surface area contributed by atoms with Crippen LogP contribution in [0, 0.1) is 0 Å². The Bertz CT molecular complexity index is 397. The Morgan fingerprint density at radius 1 is 1.10 bits per heavy atom. The smallest absolute Gasteiger partial charge is 0.303 e. The van der Waals surface area contributed by atoms with Crippen molar-refractivity contribution in [2.45, 2.75) is 45.1 Å². The minimum atomic E-state index is -1.60. The Balaban J connectivity index is 5.45. The minimum absolute atomic E-state index is 0.273. The lowest BCUT2D eigenvalue weighted by Gasteiger charge is -2.32. The molecule has 0 unspecified atom stereocenters. The third-order valence-electron chi connectivity index (χ3n) is 2.36. The average Bonchev–Trinajstić information content (AvgIpc) is 2.38. The second-order valence-corrected chi connectivity index (χ2v) is 4.26. The number of ether oxygens (including phenoxy) is 2. The lowest BCUT2D eigenvalue weighted by Crippen LogP contribution is -2.56. The average molecular weight is 305 g/mol. The first-order valence-corrected chi connectivity index (χ1v) is 6.08. The van der Waals surface area contributed by atoms with Gasteiger partial charge < -0.3 is 29.8 Å². The molecule has 0 aromatic carbocycles. The van der Waals surface area contributed by atoms with E-state index in [-0.39, 0.29) is 6.29 Å². The molecular weight excluding hydrogens is 286 g/mol. The molecule has 0 radical (unpaired) electrons. The van der Waals surface area contributed by atoms with E-state index in [1.54, 1.807) is 0 Å². The van der Waals surface area contributed by atoms with Crippen LogP contribution in [0.3, 0.4) is 0 Å². The van der Waals surface area contributed by atoms with Gasteiger partial charge in [0.2, 0.25) is 5.91 Å². The summed E-state index contributed by atoms with van der Waals surface area (Å²) in [5.41, 5.74) is 0. The first-order chi connectivity index (χ1) is 9.72. The maximum atomic E-state index is 11.1. The number of hydrogen-bond acceptors (Lipinski definition) is 8. The van der Waals surface area contributed by atoms with Gasteiger partial charge in [-0.2, -0.15) is 0 Å². The summed E-state index contributed by atoms with van der Waals surface area (Å²) in [5, 5.41) is 20.9. The largest absolute Gasteiger partial charge is 0.456 e. The zero-order chi connectivity index (χ0) is 16.6. The van der Waals surface area contributed by atoms with Crippen LogP contribution in [-0.2, 0) is 28.7 Å². The van der Waals surface area contributed by atoms with Crippen molar-refractivity contribution in [1.29, 1.82) is 0 Å². The van der Waals surface area contributed by atoms with Gasteiger partial charge >= 0.3 is 11.9 Å². The van der Waals surface area contributed by atoms with Crippen LogP contribution >= 0.6 is 0 Å². The molecule has 21 heavy (non-hydrogen) atoms. The summed E-state index contributed by atoms with van der Waals surface area (Å²) in [6, 6.07) is -1.35. The summed E-state index contributed by atoms with van der Waals surface area (Å²) in [5.74, 6) is -2.24. The van der Waals surface area contributed by atoms with Crippen molar-refractivity contribution in [3.63, 3.8) is 0 Å². The number of aldehydes is 1. The highest BCUT2D eigenvalue weighted by atomic mass is 16.6. The number of nitrogens with one attached hydrogen (secondary N) is 1. The van der Waals surface area contributed by atoms with Crippen molar-refractivity contribution in [2.24, 2.45) is 0 Å². The summed E-state index contributed by atoms with van der Waals surface area (Å²) in [4.78, 5) is 44.3. The van der Waals surface area contributed by atoms with Gasteiger partial charge in [0.25, 0.3) is 0 Å². The second kappa shape index (κ2) is 9.03. The molecule has 0 heterocycles. The lowest BCUT2D eigenvalue weighted by atomic mass is 10.0. The third kappa shape index (κ3) is 6.82. The predicted molar refractivity (Wildman–Crippen MR) is 67.9 cm³/mol. The van der Waals surface area contributed by atoms with Crippen molar-refractivity contribution in [3.05, 3.63) is 0 Å². The Morgan fingerprint density at radius 2 is 1.57 bits per heavy atom. The van der Waals surface area contributed by atoms with Gasteiger partial charge in [0.1, 0.15) is 18.4 Å². The van der Waals surface area contributed by atoms with Crippen molar-refractivity contribution < 1.29 is 38.9 Å². The molecule has 0 aliphatic rings. The van der Waals surface area contributed by atoms with Crippen LogP contribution in [-0.4, -0.2) is 65.3 Å². The van der Waals surface area contributed by atoms with Crippen LogP contribution in [0.2, 0.25) is 0 Å². The van der Waals surface area contributed by atoms with Crippen LogP contribution < -0.4 is 5.32 Å². The second-order valence-electron chi connectivity index (χ2n) is 4.26. The van der Waals surface area contributed by atoms with Gasteiger partial charge in [-0.05, 0) is 0 Å². The van der Waals surface area contributed by atoms with E-state index in [1.165, 1.54) is 0 Å². The van der Waals surface area contributed by atoms with Gasteiger partial charge in [-0.1, -0.05) is 0 Å². The first-order valence-electron chi connectivity index (χ1n) is 6.08. The number of carbonyl (C=O) groups is 4. The molecule has 120 valence electrons. The van der Waals surface area contributed by atoms with Gasteiger partial charge in [0, 0.05) is 20.8 Å². The number of aliphatic hydroxyl groups excluding tert-OH is 2. The number of hydrogen-bond donors (Lipinski definition) is 3. The van der Waals surface area contributed by atoms with E-state index >= 15 is 0 Å². The van der Waals surface area contributed by atoms with Crippen LogP contribution in [0.4, 0.5) is 0 Å². The van der Waals surface area contributed by atoms with Gasteiger partial charge in [-0.15, -0.1) is 0 Å². The van der Waals surface area contributed by atoms with Crippen LogP contribution in [0.1, 0.15) is 20.8 Å². The molecule has 0 rings (SSSR count). The fraction of sp³-hybridized carbons (Fsp3) is 0.667. The Labute approximate surface area is 121 Å². The van der Waals surface area contributed by atoms with Crippen LogP contribution in [0.25, 0.3) is 0 Å². The van der Waals surface area contributed by atoms with E-state index in [1.807, 2.05) is 0 Å². The monoisotopic (exact) mass is 305 g/mol. The number of carbonyl (C=O) groups excluding carboxylic acids is 4. The normalized spacial score (nSPS) is 16.0. The van der Waals surface area contributed by atoms with Crippen molar-refractivity contribution in [2.75, 3.05) is 6.61 Å². The summed E-state index contributed by atoms with van der Waals surface area (Å²) in [6.45, 7) is 2.40. The van der Waals surface area contributed by atoms with Crippen molar-refractivity contribution >= 4 is 24.1 Å². The molecule has 9 heteroatoms. The Hall–Kier alpha value is -2.00. The Kier molecular flexibility index (Phi) is 8.17. The summed E-state index contributed by atoms with van der Waals surface area (Å²) in [7, 11) is 0. The van der Waals surface area contributed by atoms with E-state index in [0.29, 0.717) is 0 Å². The summed E-state index contributed by atoms with van der Waals surface area (Å²) < 4.78 is 9.65. The maximum absolute atomic E-state index is 11.1. The predicted octanol–water partition coefficient (Wildman–Crippen LogP) is -2.09. The topological polar surface area (TPSA) is 139 Å². The molecule has 0 spiro atoms. The van der Waals surface area contributed by atoms with Crippen LogP contribution in [0.5, 0.6) is 0 Å². The van der Waals surface area contributed by atoms with E-state index in [9.17, 15) is 24.3 Å². The van der Waals surface area contributed by atoms with Gasteiger partial charge in [0.15, 0.2) is 12.2 Å². The fourth-order valence-corrected chi connectivity index (χ4v) is 1.62. The molecule has 0 saturated heterocycles. The highest BCUT2D eigenvalue weighted by Gasteiger charge is 2.39. The molecule has 0 bridgehead atoms. The number of amides is 1. The maximum Gasteiger partial charge on any atom is 0.303 e. The zero-order valence-electron chi connectivity index (χ0n) is 11.9. The van der Waals surface area contributed by atoms with E-state index < -0.39 is 48.8 Å². The number of aliphatic hydroxyl groups is 2. The third-order valence-corrected chi connectivity index (χ3v) is 2.36. The van der Waals surface area contributed by atoms with Crippen LogP contribution in [0.15, 0.2) is 0 Å². The molecule has 0 saturated carbocycles. The molecule has 4 atom stereocenters. The molecule has 0 aliphatic heterocycles. The van der Waals surface area contributed by atoms with Gasteiger partial charge in [-0.3, -0.25) is 14.4 Å². The summed E-state index contributed by atoms with van der Waals surface area (Å²) >= 11 is 0. The Morgan fingerprint density at radius 3 is 1.90 bits per heavy atom. The number of esters is 2. The quantitative estimate of drug-likeness (QED) is 0.342. The fourth-order valence-electron chi connectivity index (χ4n) is 1.62. The minimum Gasteiger partial charge on any atom is -0.456 e. The van der Waals surface area contributed by atoms with E-state index in [2.05, 4.69) is 5.32 Å². The first kappa shape index (κ1) is 19.0. The number of rotatable bonds is 8. The van der Waals surface area contributed by atoms with Crippen molar-refractivity contribution in [3.8, 4) is 0 Å². The zero-order valence-corrected chi connectivity index (χ0v) is 11.9. The molecule has 1 amide bonds. The highest BCUT2D eigenvalue weighted by molar-refractivity contribution is 5.78. The van der Waals surface area contributed by atoms with Crippen molar-refractivity contribution in [1.82, 2.24) is 5.32 Å². The molecule has 3 N–H and O–H groups in total. The molecular formula is C12H19NO8. The molecule has 0 aromatic rings. The lowest BCUT2D eigenvalue weighted by molar-refractivity contribution is -0.180. The standard InChI is InChI=1S/C12H19NO8/c1-6(16)13-9(4-14)11(20-7(2)17)12(10(19)5-15)21-8(3)18/h4,9-12,15,19H,5H2,1-3H3,(H,13,16)/t9-,10+,11+,12+/m0/s1. The summed E-state index contributed by atoms with van der Waals surface area (Å²) in [6.07, 6.45) is -4.32. The molecule has 0 aromatic heterocycles. The highest BCUT2D eigenvalue weighted by Crippen LogP contribution is 2.14. The van der Waals surface area contributed by atoms with E-state index in [4.69, 9.17) is 14.6 Å². The molecule has 0 fully saturated rings. The molecule has 9 nitrogen and oxygen atoms in total. The van der Waals surface area contributed by atoms with Gasteiger partial charge in [-0.25, -0.2) is 0 Å². The SMILES string of the molecule is CC(=O)N[C@@H](C=O)[C@@H](OC(C)=O)[C@H](OC(C)=O)[C@H](O)CO. The van der Waals surface area contributed by atoms with E-state index in [0.717, 1.165) is 20.8 Å². The van der Waals surface area contributed by atoms with Gasteiger partial charge in [0.05, 0.1) is 6.61 Å².